The molecule has 0 bridgehead atoms. The van der Waals surface area contributed by atoms with Gasteiger partial charge < -0.3 is 5.32 Å². The average Bonchev–Trinajstić information content (AvgIpc) is 2.93. The van der Waals surface area contributed by atoms with E-state index in [1.165, 1.54) is 11.6 Å². The lowest BCUT2D eigenvalue weighted by Crippen LogP contribution is -2.07. The molecule has 2 rings (SSSR count). The second-order valence-electron chi connectivity index (χ2n) is 4.55. The highest BCUT2D eigenvalue weighted by atomic mass is 16.1. The van der Waals surface area contributed by atoms with Crippen LogP contribution in [0.3, 0.4) is 0 Å². The number of hydrogen-bond donors (Lipinski definition) is 2. The first kappa shape index (κ1) is 14.1. The molecular formula is C16H19N3O. The molecule has 1 aromatic heterocycles. The van der Waals surface area contributed by atoms with E-state index in [1.54, 1.807) is 6.08 Å². The lowest BCUT2D eigenvalue weighted by atomic mass is 10.1. The summed E-state index contributed by atoms with van der Waals surface area (Å²) in [5, 5.41) is 9.59. The van der Waals surface area contributed by atoms with Crippen molar-refractivity contribution in [1.82, 2.24) is 10.2 Å². The first-order valence-electron chi connectivity index (χ1n) is 6.83. The molecule has 1 amide bonds. The first-order valence-corrected chi connectivity index (χ1v) is 6.83. The third-order valence-corrected chi connectivity index (χ3v) is 3.08. The van der Waals surface area contributed by atoms with Crippen molar-refractivity contribution >= 4 is 17.8 Å². The van der Waals surface area contributed by atoms with Gasteiger partial charge in [-0.3, -0.25) is 9.89 Å². The molecule has 0 spiro atoms. The third-order valence-electron chi connectivity index (χ3n) is 3.08. The summed E-state index contributed by atoms with van der Waals surface area (Å²) in [6, 6.07) is 9.98. The van der Waals surface area contributed by atoms with Gasteiger partial charge in [0.2, 0.25) is 5.91 Å². The molecule has 0 aliphatic carbocycles. The highest BCUT2D eigenvalue weighted by Gasteiger charge is 2.02. The zero-order valence-corrected chi connectivity index (χ0v) is 11.8. The molecule has 0 fully saturated rings. The van der Waals surface area contributed by atoms with E-state index in [4.69, 9.17) is 0 Å². The molecule has 0 aliphatic heterocycles. The number of nitrogens with one attached hydrogen (secondary N) is 2. The Bertz CT molecular complexity index is 596. The van der Waals surface area contributed by atoms with Crippen molar-refractivity contribution in [2.45, 2.75) is 26.7 Å². The Kier molecular flexibility index (Phi) is 4.71. The number of benzene rings is 1. The van der Waals surface area contributed by atoms with E-state index < -0.39 is 0 Å². The largest absolute Gasteiger partial charge is 0.306 e. The van der Waals surface area contributed by atoms with Crippen molar-refractivity contribution < 1.29 is 4.79 Å². The van der Waals surface area contributed by atoms with Crippen LogP contribution in [-0.2, 0) is 17.6 Å². The smallest absolute Gasteiger partial charge is 0.249 e. The average molecular weight is 269 g/mol. The molecule has 104 valence electrons. The van der Waals surface area contributed by atoms with Crippen molar-refractivity contribution in [2.24, 2.45) is 0 Å². The molecule has 0 unspecified atom stereocenters. The predicted octanol–water partition coefficient (Wildman–Crippen LogP) is 3.19. The van der Waals surface area contributed by atoms with Gasteiger partial charge in [0.1, 0.15) is 0 Å². The van der Waals surface area contributed by atoms with Crippen molar-refractivity contribution in [3.63, 3.8) is 0 Å². The van der Waals surface area contributed by atoms with Gasteiger partial charge in [0.05, 0.1) is 0 Å². The number of aromatic nitrogens is 2. The minimum Gasteiger partial charge on any atom is -0.306 e. The van der Waals surface area contributed by atoms with Crippen molar-refractivity contribution in [1.29, 1.82) is 0 Å². The second kappa shape index (κ2) is 6.70. The summed E-state index contributed by atoms with van der Waals surface area (Å²) >= 11 is 0. The Morgan fingerprint density at radius 3 is 2.60 bits per heavy atom. The van der Waals surface area contributed by atoms with Crippen LogP contribution in [0.5, 0.6) is 0 Å². The number of hydrogen-bond acceptors (Lipinski definition) is 2. The van der Waals surface area contributed by atoms with Gasteiger partial charge in [-0.1, -0.05) is 38.1 Å². The monoisotopic (exact) mass is 269 g/mol. The molecule has 0 saturated carbocycles. The van der Waals surface area contributed by atoms with Gasteiger partial charge in [-0.05, 0) is 30.0 Å². The van der Waals surface area contributed by atoms with E-state index in [2.05, 4.69) is 34.6 Å². The number of anilines is 1. The number of carbonyl (C=O) groups excluding carboxylic acids is 1. The van der Waals surface area contributed by atoms with Gasteiger partial charge in [0.15, 0.2) is 5.82 Å². The van der Waals surface area contributed by atoms with Crippen LogP contribution in [0.1, 0.15) is 30.7 Å². The van der Waals surface area contributed by atoms with E-state index in [0.717, 1.165) is 24.1 Å². The molecule has 2 aromatic rings. The number of aryl methyl sites for hydroxylation is 2. The van der Waals surface area contributed by atoms with E-state index in [-0.39, 0.29) is 5.91 Å². The number of aromatic amines is 1. The number of carbonyl (C=O) groups is 1. The maximum absolute atomic E-state index is 11.8. The van der Waals surface area contributed by atoms with Crippen molar-refractivity contribution in [3.8, 4) is 0 Å². The van der Waals surface area contributed by atoms with Crippen LogP contribution in [0.15, 0.2) is 36.4 Å². The molecule has 1 heterocycles. The highest BCUT2D eigenvalue weighted by molar-refractivity contribution is 6.01. The zero-order valence-electron chi connectivity index (χ0n) is 11.8. The third kappa shape index (κ3) is 3.82. The normalized spacial score (nSPS) is 10.9. The minimum atomic E-state index is -0.182. The quantitative estimate of drug-likeness (QED) is 0.819. The Balaban J connectivity index is 1.94. The standard InChI is InChI=1S/C16H19N3O/c1-3-12-5-7-13(8-6-12)9-10-16(20)17-15-11-14(4-2)18-19-15/h5-11H,3-4H2,1-2H3,(H2,17,18,19,20)/b10-9+. The van der Waals surface area contributed by atoms with Crippen molar-refractivity contribution in [3.05, 3.63) is 53.2 Å². The Hall–Kier alpha value is -2.36. The van der Waals surface area contributed by atoms with Gasteiger partial charge in [0, 0.05) is 17.8 Å². The topological polar surface area (TPSA) is 57.8 Å². The van der Waals surface area contributed by atoms with Crippen LogP contribution in [0.4, 0.5) is 5.82 Å². The number of H-pyrrole nitrogens is 1. The Morgan fingerprint density at radius 2 is 2.00 bits per heavy atom. The number of amides is 1. The van der Waals surface area contributed by atoms with E-state index in [9.17, 15) is 4.79 Å². The molecule has 0 atom stereocenters. The number of rotatable bonds is 5. The molecule has 4 nitrogen and oxygen atoms in total. The fourth-order valence-corrected chi connectivity index (χ4v) is 1.81. The van der Waals surface area contributed by atoms with Gasteiger partial charge in [-0.25, -0.2) is 0 Å². The van der Waals surface area contributed by atoms with Crippen LogP contribution in [0.25, 0.3) is 6.08 Å². The van der Waals surface area contributed by atoms with Gasteiger partial charge in [-0.2, -0.15) is 5.10 Å². The summed E-state index contributed by atoms with van der Waals surface area (Å²) < 4.78 is 0. The summed E-state index contributed by atoms with van der Waals surface area (Å²) in [5.41, 5.74) is 3.29. The molecule has 0 radical (unpaired) electrons. The summed E-state index contributed by atoms with van der Waals surface area (Å²) in [6.45, 7) is 4.14. The van der Waals surface area contributed by atoms with E-state index in [0.29, 0.717) is 5.82 Å². The lowest BCUT2D eigenvalue weighted by Gasteiger charge is -1.98. The molecule has 1 aromatic carbocycles. The number of nitrogens with zero attached hydrogens (tertiary/aromatic N) is 1. The summed E-state index contributed by atoms with van der Waals surface area (Å²) in [6.07, 6.45) is 5.19. The molecule has 2 N–H and O–H groups in total. The predicted molar refractivity (Wildman–Crippen MR) is 81.4 cm³/mol. The molecular weight excluding hydrogens is 250 g/mol. The molecule has 20 heavy (non-hydrogen) atoms. The van der Waals surface area contributed by atoms with E-state index in [1.807, 2.05) is 25.1 Å². The van der Waals surface area contributed by atoms with E-state index >= 15 is 0 Å². The minimum absolute atomic E-state index is 0.182. The fraction of sp³-hybridized carbons (Fsp3) is 0.250. The van der Waals surface area contributed by atoms with Gasteiger partial charge >= 0.3 is 0 Å². The summed E-state index contributed by atoms with van der Waals surface area (Å²) in [5.74, 6) is 0.372. The fourth-order valence-electron chi connectivity index (χ4n) is 1.81. The first-order chi connectivity index (χ1) is 9.71. The SMILES string of the molecule is CCc1ccc(/C=C/C(=O)Nc2cc(CC)[nH]n2)cc1. The van der Waals surface area contributed by atoms with Crippen LogP contribution in [0, 0.1) is 0 Å². The maximum atomic E-state index is 11.8. The van der Waals surface area contributed by atoms with Crippen molar-refractivity contribution in [2.75, 3.05) is 5.32 Å². The highest BCUT2D eigenvalue weighted by Crippen LogP contribution is 2.08. The lowest BCUT2D eigenvalue weighted by molar-refractivity contribution is -0.111. The Labute approximate surface area is 118 Å². The van der Waals surface area contributed by atoms with Gasteiger partial charge in [-0.15, -0.1) is 0 Å². The van der Waals surface area contributed by atoms with Crippen LogP contribution in [0.2, 0.25) is 0 Å². The summed E-state index contributed by atoms with van der Waals surface area (Å²) in [7, 11) is 0. The summed E-state index contributed by atoms with van der Waals surface area (Å²) in [4.78, 5) is 11.8. The zero-order chi connectivity index (χ0) is 14.4. The second-order valence-corrected chi connectivity index (χ2v) is 4.55. The molecule has 0 aliphatic rings. The maximum Gasteiger partial charge on any atom is 0.249 e. The van der Waals surface area contributed by atoms with Crippen LogP contribution < -0.4 is 5.32 Å². The molecule has 4 heteroatoms. The van der Waals surface area contributed by atoms with Gasteiger partial charge in [0.25, 0.3) is 0 Å². The van der Waals surface area contributed by atoms with Crippen LogP contribution in [-0.4, -0.2) is 16.1 Å². The van der Waals surface area contributed by atoms with Crippen LogP contribution >= 0.6 is 0 Å². The Morgan fingerprint density at radius 1 is 1.25 bits per heavy atom. The molecule has 0 saturated heterocycles.